The highest BCUT2D eigenvalue weighted by molar-refractivity contribution is 8.17. The van der Waals surface area contributed by atoms with Crippen molar-refractivity contribution in [3.8, 4) is 59.0 Å². The number of carbonyl (C=O) groups excluding carboxylic acids is 1. The van der Waals surface area contributed by atoms with Crippen LogP contribution < -0.4 is 0 Å². The van der Waals surface area contributed by atoms with Crippen LogP contribution in [-0.2, 0) is 4.79 Å². The fourth-order valence-corrected chi connectivity index (χ4v) is 0.561. The molecule has 0 aliphatic carbocycles. The van der Waals surface area contributed by atoms with E-state index >= 15 is 0 Å². The van der Waals surface area contributed by atoms with Crippen molar-refractivity contribution in [1.29, 1.82) is 0 Å². The molecule has 0 heterocycles. The maximum atomic E-state index is 10.4. The quantitative estimate of drug-likeness (QED) is 0.535. The molecule has 0 saturated heterocycles. The summed E-state index contributed by atoms with van der Waals surface area (Å²) in [4.78, 5) is 10.4. The number of carbonyl (C=O) groups is 1. The van der Waals surface area contributed by atoms with Crippen LogP contribution in [0.3, 0.4) is 0 Å². The molecule has 0 fully saturated rings. The average Bonchev–Trinajstić information content (AvgIpc) is 2.15. The first kappa shape index (κ1) is 11.8. The van der Waals surface area contributed by atoms with Crippen LogP contribution >= 0.6 is 11.8 Å². The minimum atomic E-state index is -0.0646. The summed E-state index contributed by atoms with van der Waals surface area (Å²) in [7, 11) is 0. The summed E-state index contributed by atoms with van der Waals surface area (Å²) in [6, 6.07) is 0. The molecule has 0 saturated carbocycles. The van der Waals surface area contributed by atoms with Gasteiger partial charge >= 0.3 is 0 Å². The Morgan fingerprint density at radius 2 is 1.50 bits per heavy atom. The van der Waals surface area contributed by atoms with Gasteiger partial charge in [-0.15, -0.1) is 6.42 Å². The fraction of sp³-hybridized carbons (Fsp3) is 0.0833. The van der Waals surface area contributed by atoms with Crippen molar-refractivity contribution in [1.82, 2.24) is 0 Å². The van der Waals surface area contributed by atoms with E-state index in [4.69, 9.17) is 6.42 Å². The zero-order valence-corrected chi connectivity index (χ0v) is 8.21. The predicted octanol–water partition coefficient (Wildman–Crippen LogP) is 0.870. The van der Waals surface area contributed by atoms with Crippen LogP contribution in [0.25, 0.3) is 0 Å². The van der Waals surface area contributed by atoms with E-state index in [1.807, 2.05) is 0 Å². The van der Waals surface area contributed by atoms with Gasteiger partial charge in [-0.3, -0.25) is 4.79 Å². The topological polar surface area (TPSA) is 17.1 Å². The van der Waals surface area contributed by atoms with Gasteiger partial charge in [-0.2, -0.15) is 0 Å². The van der Waals surface area contributed by atoms with E-state index in [1.54, 1.807) is 0 Å². The van der Waals surface area contributed by atoms with Crippen molar-refractivity contribution in [2.45, 2.75) is 6.92 Å². The van der Waals surface area contributed by atoms with Crippen LogP contribution in [0.15, 0.2) is 0 Å². The molecule has 0 radical (unpaired) electrons. The average molecular weight is 196 g/mol. The Morgan fingerprint density at radius 1 is 1.00 bits per heavy atom. The lowest BCUT2D eigenvalue weighted by atomic mass is 10.5. The Kier molecular flexibility index (Phi) is 7.52. The van der Waals surface area contributed by atoms with E-state index in [2.05, 4.69) is 52.6 Å². The van der Waals surface area contributed by atoms with Gasteiger partial charge in [0.1, 0.15) is 0 Å². The zero-order chi connectivity index (χ0) is 10.6. The minimum absolute atomic E-state index is 0.0646. The normalized spacial score (nSPS) is 5.14. The second-order valence-corrected chi connectivity index (χ2v) is 2.70. The predicted molar refractivity (Wildman–Crippen MR) is 58.2 cm³/mol. The van der Waals surface area contributed by atoms with Gasteiger partial charge in [0, 0.05) is 18.7 Å². The molecule has 14 heavy (non-hydrogen) atoms. The number of hydrogen-bond acceptors (Lipinski definition) is 2. The van der Waals surface area contributed by atoms with Crippen molar-refractivity contribution >= 4 is 16.9 Å². The van der Waals surface area contributed by atoms with Gasteiger partial charge in [0.25, 0.3) is 0 Å². The van der Waals surface area contributed by atoms with Crippen LogP contribution in [0.1, 0.15) is 6.92 Å². The van der Waals surface area contributed by atoms with E-state index in [9.17, 15) is 4.79 Å². The van der Waals surface area contributed by atoms with Gasteiger partial charge in [-0.25, -0.2) is 0 Å². The second kappa shape index (κ2) is 8.91. The van der Waals surface area contributed by atoms with Crippen molar-refractivity contribution in [3.63, 3.8) is 0 Å². The van der Waals surface area contributed by atoms with Gasteiger partial charge < -0.3 is 0 Å². The summed E-state index contributed by atoms with van der Waals surface area (Å²) in [6.45, 7) is 1.43. The second-order valence-electron chi connectivity index (χ2n) is 1.72. The summed E-state index contributed by atoms with van der Waals surface area (Å²) in [5, 5.41) is 2.43. The Balaban J connectivity index is 4.05. The number of thioether (sulfide) groups is 1. The lowest BCUT2D eigenvalue weighted by Gasteiger charge is -1.72. The van der Waals surface area contributed by atoms with E-state index in [1.165, 1.54) is 6.92 Å². The highest BCUT2D eigenvalue weighted by Gasteiger charge is 1.83. The number of rotatable bonds is 0. The third-order valence-electron chi connectivity index (χ3n) is 0.693. The Labute approximate surface area is 88.0 Å². The Bertz CT molecular complexity index is 490. The standard InChI is InChI=1S/C12H4OS/c1-3-4-5-6-7-8-9-10-11-14-12(2)13/h1H,2H3. The van der Waals surface area contributed by atoms with E-state index in [0.29, 0.717) is 0 Å². The molecule has 0 aliphatic heterocycles. The van der Waals surface area contributed by atoms with Gasteiger partial charge in [0.2, 0.25) is 0 Å². The summed E-state index contributed by atoms with van der Waals surface area (Å²) in [5.41, 5.74) is 0. The Morgan fingerprint density at radius 3 is 2.00 bits per heavy atom. The zero-order valence-electron chi connectivity index (χ0n) is 7.39. The molecule has 2 heteroatoms. The van der Waals surface area contributed by atoms with E-state index in [-0.39, 0.29) is 5.12 Å². The largest absolute Gasteiger partial charge is 0.287 e. The van der Waals surface area contributed by atoms with Crippen LogP contribution in [0.2, 0.25) is 0 Å². The molecule has 0 N–H and O–H groups in total. The van der Waals surface area contributed by atoms with Crippen LogP contribution in [0, 0.1) is 59.0 Å². The molecule has 1 nitrogen and oxygen atoms in total. The molecule has 0 spiro atoms. The molecule has 0 aromatic heterocycles. The Hall–Kier alpha value is -2.18. The van der Waals surface area contributed by atoms with Crippen molar-refractivity contribution in [3.05, 3.63) is 0 Å². The van der Waals surface area contributed by atoms with E-state index in [0.717, 1.165) is 11.8 Å². The molecule has 0 rings (SSSR count). The first-order chi connectivity index (χ1) is 6.77. The van der Waals surface area contributed by atoms with Gasteiger partial charge in [-0.05, 0) is 52.6 Å². The first-order valence-corrected chi connectivity index (χ1v) is 4.22. The maximum Gasteiger partial charge on any atom is 0.198 e. The van der Waals surface area contributed by atoms with Crippen molar-refractivity contribution in [2.24, 2.45) is 0 Å². The summed E-state index contributed by atoms with van der Waals surface area (Å²) in [6.07, 6.45) is 4.85. The first-order valence-electron chi connectivity index (χ1n) is 3.40. The molecule has 0 aliphatic rings. The van der Waals surface area contributed by atoms with Crippen LogP contribution in [0.5, 0.6) is 0 Å². The molecule has 0 unspecified atom stereocenters. The summed E-state index contributed by atoms with van der Waals surface area (Å²) < 4.78 is 0. The molecule has 0 bridgehead atoms. The van der Waals surface area contributed by atoms with Crippen LogP contribution in [-0.4, -0.2) is 5.12 Å². The summed E-state index contributed by atoms with van der Waals surface area (Å²) in [5.74, 6) is 19.0. The van der Waals surface area contributed by atoms with Crippen molar-refractivity contribution in [2.75, 3.05) is 0 Å². The molecule has 64 valence electrons. The minimum Gasteiger partial charge on any atom is -0.287 e. The fourth-order valence-electron chi connectivity index (χ4n) is 0.315. The third kappa shape index (κ3) is 9.82. The van der Waals surface area contributed by atoms with Gasteiger partial charge in [0.05, 0.1) is 0 Å². The molecular formula is C12H4OS. The summed E-state index contributed by atoms with van der Waals surface area (Å²) >= 11 is 0.898. The number of terminal acetylenes is 1. The SMILES string of the molecule is C#CC#CC#CC#CC#CSC(C)=O. The smallest absolute Gasteiger partial charge is 0.198 e. The van der Waals surface area contributed by atoms with Gasteiger partial charge in [0.15, 0.2) is 5.12 Å². The number of hydrogen-bond donors (Lipinski definition) is 0. The molecular weight excluding hydrogens is 192 g/mol. The lowest BCUT2D eigenvalue weighted by Crippen LogP contribution is -1.73. The maximum absolute atomic E-state index is 10.4. The van der Waals surface area contributed by atoms with Crippen LogP contribution in [0.4, 0.5) is 0 Å². The lowest BCUT2D eigenvalue weighted by molar-refractivity contribution is -0.109. The van der Waals surface area contributed by atoms with E-state index < -0.39 is 0 Å². The molecule has 0 aromatic rings. The third-order valence-corrected chi connectivity index (χ3v) is 1.18. The van der Waals surface area contributed by atoms with Gasteiger partial charge in [-0.1, -0.05) is 0 Å². The highest BCUT2D eigenvalue weighted by Crippen LogP contribution is 1.94. The molecule has 0 amide bonds. The molecule has 0 atom stereocenters. The monoisotopic (exact) mass is 196 g/mol. The molecule has 0 aromatic carbocycles. The van der Waals surface area contributed by atoms with Crippen molar-refractivity contribution < 1.29 is 4.79 Å². The highest BCUT2D eigenvalue weighted by atomic mass is 32.2.